The number of ether oxygens (including phenoxy) is 2. The predicted molar refractivity (Wildman–Crippen MR) is 150 cm³/mol. The van der Waals surface area contributed by atoms with Gasteiger partial charge in [-0.25, -0.2) is 9.21 Å². The molecule has 3 rings (SSSR count). The number of nitrogens with zero attached hydrogens (tertiary/aromatic N) is 1. The van der Waals surface area contributed by atoms with Crippen molar-refractivity contribution in [3.63, 3.8) is 0 Å². The van der Waals surface area contributed by atoms with Crippen molar-refractivity contribution in [1.29, 1.82) is 0 Å². The topological polar surface area (TPSA) is 59.0 Å². The lowest BCUT2D eigenvalue weighted by atomic mass is 9.86. The summed E-state index contributed by atoms with van der Waals surface area (Å²) in [4.78, 5) is 12.7. The molecule has 3 atom stereocenters. The van der Waals surface area contributed by atoms with Crippen LogP contribution in [0.2, 0.25) is 0 Å². The van der Waals surface area contributed by atoms with Gasteiger partial charge in [-0.3, -0.25) is 0 Å². The normalized spacial score (nSPS) is 19.1. The van der Waals surface area contributed by atoms with Crippen molar-refractivity contribution in [3.05, 3.63) is 71.8 Å². The lowest BCUT2D eigenvalue weighted by Crippen LogP contribution is -2.54. The van der Waals surface area contributed by atoms with Gasteiger partial charge >= 0.3 is 5.97 Å². The summed E-state index contributed by atoms with van der Waals surface area (Å²) in [5.74, 6) is -0.437. The number of carbonyl (C=O) groups excluding carboxylic acids is 1. The maximum Gasteiger partial charge on any atom is 0.338 e. The highest BCUT2D eigenvalue weighted by atomic mass is 35.5. The minimum absolute atomic E-state index is 0.116. The first-order valence-corrected chi connectivity index (χ1v) is 14.4. The van der Waals surface area contributed by atoms with Crippen LogP contribution in [-0.2, 0) is 16.0 Å². The molecule has 1 saturated heterocycles. The smallest absolute Gasteiger partial charge is 0.338 e. The van der Waals surface area contributed by atoms with E-state index in [0.29, 0.717) is 31.6 Å². The lowest BCUT2D eigenvalue weighted by molar-refractivity contribution is -0.131. The van der Waals surface area contributed by atoms with Crippen LogP contribution in [0.3, 0.4) is 0 Å². The standard InChI is InChI=1S/C31H44ClNO4/c1-2-3-4-5-6-7-8-9-16-22-31(35,25-37-30(34)27-19-14-11-15-20-27)29-28(21-23-36-29)33(32)24-26-17-12-10-13-18-26/h10-15,17-20,28-29,35H,2-9,16,21-25H2,1H3/t28-,29-,31+/m1/s1. The van der Waals surface area contributed by atoms with E-state index >= 15 is 0 Å². The van der Waals surface area contributed by atoms with Gasteiger partial charge in [0.1, 0.15) is 18.3 Å². The summed E-state index contributed by atoms with van der Waals surface area (Å²) in [5.41, 5.74) is 0.261. The Kier molecular flexibility index (Phi) is 12.9. The van der Waals surface area contributed by atoms with E-state index < -0.39 is 17.7 Å². The molecule has 1 fully saturated rings. The van der Waals surface area contributed by atoms with Crippen molar-refractivity contribution in [2.45, 2.75) is 102 Å². The molecule has 0 saturated carbocycles. The van der Waals surface area contributed by atoms with E-state index in [9.17, 15) is 9.90 Å². The van der Waals surface area contributed by atoms with Crippen LogP contribution in [0.1, 0.15) is 93.5 Å². The number of esters is 1. The number of aliphatic hydroxyl groups is 1. The molecule has 1 aliphatic heterocycles. The van der Waals surface area contributed by atoms with Gasteiger partial charge in [-0.15, -0.1) is 0 Å². The fraction of sp³-hybridized carbons (Fsp3) is 0.581. The van der Waals surface area contributed by atoms with E-state index in [1.54, 1.807) is 28.7 Å². The quantitative estimate of drug-likeness (QED) is 0.132. The summed E-state index contributed by atoms with van der Waals surface area (Å²) in [6.45, 7) is 3.18. The highest BCUT2D eigenvalue weighted by Gasteiger charge is 2.48. The molecule has 0 amide bonds. The zero-order valence-corrected chi connectivity index (χ0v) is 23.1. The summed E-state index contributed by atoms with van der Waals surface area (Å²) in [7, 11) is 0. The van der Waals surface area contributed by atoms with Gasteiger partial charge in [-0.1, -0.05) is 113 Å². The number of halogens is 1. The summed E-state index contributed by atoms with van der Waals surface area (Å²) in [6, 6.07) is 18.8. The SMILES string of the molecule is CCCCCCCCCCC[C@](O)(COC(=O)c1ccccc1)[C@@H]1OCC[C@H]1N(Cl)Cc1ccccc1. The third-order valence-corrected chi connectivity index (χ3v) is 7.67. The number of unbranched alkanes of at least 4 members (excludes halogenated alkanes) is 8. The highest BCUT2D eigenvalue weighted by Crippen LogP contribution is 2.34. The molecule has 0 spiro atoms. The number of benzene rings is 2. The minimum Gasteiger partial charge on any atom is -0.459 e. The third-order valence-electron chi connectivity index (χ3n) is 7.30. The van der Waals surface area contributed by atoms with Crippen LogP contribution in [0.25, 0.3) is 0 Å². The van der Waals surface area contributed by atoms with E-state index in [1.807, 2.05) is 36.4 Å². The largest absolute Gasteiger partial charge is 0.459 e. The van der Waals surface area contributed by atoms with Crippen molar-refractivity contribution < 1.29 is 19.4 Å². The molecule has 0 aromatic heterocycles. The average molecular weight is 530 g/mol. The zero-order chi connectivity index (χ0) is 26.3. The molecule has 0 aliphatic carbocycles. The van der Waals surface area contributed by atoms with Crippen LogP contribution in [0, 0.1) is 0 Å². The van der Waals surface area contributed by atoms with Crippen LogP contribution in [0.15, 0.2) is 60.7 Å². The Balaban J connectivity index is 1.60. The fourth-order valence-electron chi connectivity index (χ4n) is 5.14. The molecule has 204 valence electrons. The van der Waals surface area contributed by atoms with Crippen LogP contribution in [0.4, 0.5) is 0 Å². The Labute approximate surface area is 228 Å². The van der Waals surface area contributed by atoms with Gasteiger partial charge in [0.2, 0.25) is 0 Å². The van der Waals surface area contributed by atoms with E-state index in [2.05, 4.69) is 6.92 Å². The van der Waals surface area contributed by atoms with Crippen molar-refractivity contribution in [2.75, 3.05) is 13.2 Å². The van der Waals surface area contributed by atoms with E-state index in [0.717, 1.165) is 24.8 Å². The molecular formula is C31H44ClNO4. The second-order valence-electron chi connectivity index (χ2n) is 10.3. The van der Waals surface area contributed by atoms with Gasteiger partial charge in [-0.2, -0.15) is 0 Å². The molecule has 0 radical (unpaired) electrons. The van der Waals surface area contributed by atoms with Crippen molar-refractivity contribution in [2.24, 2.45) is 0 Å². The Hall–Kier alpha value is -1.92. The molecule has 2 aromatic carbocycles. The van der Waals surface area contributed by atoms with Gasteiger partial charge in [0.25, 0.3) is 0 Å². The van der Waals surface area contributed by atoms with Gasteiger partial charge < -0.3 is 14.6 Å². The number of hydrogen-bond acceptors (Lipinski definition) is 5. The second-order valence-corrected chi connectivity index (χ2v) is 10.7. The summed E-state index contributed by atoms with van der Waals surface area (Å²) >= 11 is 6.77. The Morgan fingerprint density at radius 1 is 0.973 bits per heavy atom. The van der Waals surface area contributed by atoms with Crippen LogP contribution in [0.5, 0.6) is 0 Å². The molecule has 1 heterocycles. The maximum atomic E-state index is 12.7. The number of rotatable bonds is 17. The van der Waals surface area contributed by atoms with E-state index in [-0.39, 0.29) is 12.6 Å². The first-order chi connectivity index (χ1) is 18.0. The lowest BCUT2D eigenvalue weighted by Gasteiger charge is -2.38. The molecule has 0 bridgehead atoms. The van der Waals surface area contributed by atoms with Crippen LogP contribution >= 0.6 is 11.8 Å². The van der Waals surface area contributed by atoms with Crippen molar-refractivity contribution in [3.8, 4) is 0 Å². The van der Waals surface area contributed by atoms with Crippen molar-refractivity contribution in [1.82, 2.24) is 4.42 Å². The fourth-order valence-corrected chi connectivity index (χ4v) is 5.48. The molecule has 6 heteroatoms. The Morgan fingerprint density at radius 2 is 1.57 bits per heavy atom. The highest BCUT2D eigenvalue weighted by molar-refractivity contribution is 6.13. The van der Waals surface area contributed by atoms with Gasteiger partial charge in [0.15, 0.2) is 0 Å². The molecule has 5 nitrogen and oxygen atoms in total. The Morgan fingerprint density at radius 3 is 2.22 bits per heavy atom. The van der Waals surface area contributed by atoms with Gasteiger partial charge in [-0.05, 0) is 42.3 Å². The molecule has 2 aromatic rings. The first kappa shape index (κ1) is 29.6. The Bertz CT molecular complexity index is 897. The monoisotopic (exact) mass is 529 g/mol. The number of hydrogen-bond donors (Lipinski definition) is 1. The summed E-state index contributed by atoms with van der Waals surface area (Å²) in [6.07, 6.45) is 11.4. The molecular weight excluding hydrogens is 486 g/mol. The van der Waals surface area contributed by atoms with Gasteiger partial charge in [0.05, 0.1) is 11.6 Å². The molecule has 0 unspecified atom stereocenters. The summed E-state index contributed by atoms with van der Waals surface area (Å²) < 4.78 is 13.5. The number of carbonyl (C=O) groups is 1. The first-order valence-electron chi connectivity index (χ1n) is 14.1. The molecule has 37 heavy (non-hydrogen) atoms. The van der Waals surface area contributed by atoms with E-state index in [1.165, 1.54) is 38.5 Å². The summed E-state index contributed by atoms with van der Waals surface area (Å²) in [5, 5.41) is 11.9. The molecule has 1 N–H and O–H groups in total. The molecule has 1 aliphatic rings. The maximum absolute atomic E-state index is 12.7. The zero-order valence-electron chi connectivity index (χ0n) is 22.3. The van der Waals surface area contributed by atoms with E-state index in [4.69, 9.17) is 21.3 Å². The predicted octanol–water partition coefficient (Wildman–Crippen LogP) is 7.31. The van der Waals surface area contributed by atoms with Crippen LogP contribution < -0.4 is 0 Å². The third kappa shape index (κ3) is 9.72. The second kappa shape index (κ2) is 16.1. The van der Waals surface area contributed by atoms with Crippen molar-refractivity contribution >= 4 is 17.7 Å². The average Bonchev–Trinajstić information content (AvgIpc) is 3.43. The van der Waals surface area contributed by atoms with Crippen LogP contribution in [-0.4, -0.2) is 46.5 Å². The van der Waals surface area contributed by atoms with Gasteiger partial charge in [0, 0.05) is 13.2 Å². The minimum atomic E-state index is -1.31.